The fraction of sp³-hybridized carbons (Fsp3) is 0.422. The van der Waals surface area contributed by atoms with Gasteiger partial charge in [0.15, 0.2) is 0 Å². The SMILES string of the molecule is COC(=O)N[C@H](C(=O)N1CCC[C@H]1c1ncc(-c2cc(F)c3c(c2)OC(c2ccc(C4CC4)s2)n2c-3cc3cc(-c4cnc([C@@H]5C[C@H]6CC[C@H]6N5)[nH]4)ccc32)[nH]1)C(C)C. The lowest BCUT2D eigenvalue weighted by atomic mass is 9.80. The minimum absolute atomic E-state index is 0.147. The number of hydrogen-bond acceptors (Lipinski definition) is 8. The maximum absolute atomic E-state index is 16.8. The smallest absolute Gasteiger partial charge is 0.407 e. The van der Waals surface area contributed by atoms with Gasteiger partial charge < -0.3 is 35.0 Å². The lowest BCUT2D eigenvalue weighted by Crippen LogP contribution is -2.51. The van der Waals surface area contributed by atoms with Crippen molar-refractivity contribution in [2.24, 2.45) is 11.8 Å². The van der Waals surface area contributed by atoms with E-state index in [0.717, 1.165) is 57.3 Å². The van der Waals surface area contributed by atoms with Crippen LogP contribution >= 0.6 is 11.3 Å². The standard InChI is InChI=1S/C45H47FN8O4S/c1-22(2)40(52-45(56)57-3)43(55)53-14-4-5-34(53)42-48-21-32(51-42)26-16-28(46)39-35-18-27-15-24(31-20-47-41(50-31)30-17-25-8-10-29(25)49-30)9-11-33(27)54(35)44(58-36(39)19-26)38-13-12-37(59-38)23-6-7-23/h9,11-13,15-16,18-23,25,29-30,34,40,44,49H,4-8,10,14,17H2,1-3H3,(H,47,50)(H,48,51)(H,52,56)/t25-,29-,30+,34+,40+,44?/m1/s1. The molecule has 2 aliphatic carbocycles. The quantitative estimate of drug-likeness (QED) is 0.114. The number of thiophene rings is 1. The van der Waals surface area contributed by atoms with Gasteiger partial charge in [-0.25, -0.2) is 19.2 Å². The van der Waals surface area contributed by atoms with E-state index in [-0.39, 0.29) is 23.9 Å². The summed E-state index contributed by atoms with van der Waals surface area (Å²) in [6.45, 7) is 4.32. The Kier molecular flexibility index (Phi) is 8.73. The number of ether oxygens (including phenoxy) is 2. The van der Waals surface area contributed by atoms with E-state index >= 15 is 4.39 Å². The first kappa shape index (κ1) is 36.6. The van der Waals surface area contributed by atoms with Gasteiger partial charge in [0.1, 0.15) is 29.3 Å². The predicted octanol–water partition coefficient (Wildman–Crippen LogP) is 8.96. The van der Waals surface area contributed by atoms with Crippen LogP contribution in [0.4, 0.5) is 9.18 Å². The number of halogens is 1. The van der Waals surface area contributed by atoms with E-state index in [0.29, 0.717) is 53.3 Å². The van der Waals surface area contributed by atoms with Crippen molar-refractivity contribution >= 4 is 34.2 Å². The number of hydrogen-bond donors (Lipinski definition) is 4. The van der Waals surface area contributed by atoms with Gasteiger partial charge in [-0.15, -0.1) is 11.3 Å². The highest BCUT2D eigenvalue weighted by Gasteiger charge is 2.42. The highest BCUT2D eigenvalue weighted by atomic mass is 32.1. The fourth-order valence-corrected chi connectivity index (χ4v) is 11.0. The number of alkyl carbamates (subject to hydrolysis) is 1. The molecule has 2 saturated heterocycles. The number of H-pyrrole nitrogens is 2. The number of nitrogens with one attached hydrogen (secondary N) is 4. The number of aromatic amines is 2. The molecule has 0 spiro atoms. The van der Waals surface area contributed by atoms with E-state index in [1.54, 1.807) is 22.4 Å². The van der Waals surface area contributed by atoms with Crippen LogP contribution in [0, 0.1) is 17.7 Å². The Morgan fingerprint density at radius 1 is 0.949 bits per heavy atom. The number of amides is 2. The van der Waals surface area contributed by atoms with Crippen LogP contribution in [-0.4, -0.2) is 67.1 Å². The molecule has 304 valence electrons. The van der Waals surface area contributed by atoms with E-state index in [1.807, 2.05) is 26.1 Å². The molecule has 6 aromatic rings. The number of likely N-dealkylation sites (tertiary alicyclic amines) is 1. The van der Waals surface area contributed by atoms with E-state index < -0.39 is 24.2 Å². The minimum Gasteiger partial charge on any atom is -0.464 e. The third kappa shape index (κ3) is 6.25. The molecule has 2 aromatic carbocycles. The number of imidazole rings is 2. The van der Waals surface area contributed by atoms with Crippen molar-refractivity contribution in [2.45, 2.75) is 95.1 Å². The van der Waals surface area contributed by atoms with Crippen LogP contribution in [0.2, 0.25) is 0 Å². The molecule has 12 nitrogen and oxygen atoms in total. The average Bonchev–Trinajstić information content (AvgIpc) is 3.89. The number of carbonyl (C=O) groups is 2. The first-order valence-electron chi connectivity index (χ1n) is 21.0. The molecule has 4 fully saturated rings. The first-order valence-corrected chi connectivity index (χ1v) is 21.8. The maximum atomic E-state index is 16.8. The number of benzene rings is 2. The third-order valence-corrected chi connectivity index (χ3v) is 14.5. The summed E-state index contributed by atoms with van der Waals surface area (Å²) in [6, 6.07) is 16.1. The molecule has 0 bridgehead atoms. The summed E-state index contributed by atoms with van der Waals surface area (Å²) < 4.78 is 30.6. The molecule has 4 N–H and O–H groups in total. The van der Waals surface area contributed by atoms with E-state index in [9.17, 15) is 9.59 Å². The van der Waals surface area contributed by atoms with Gasteiger partial charge in [0.05, 0.1) is 64.6 Å². The zero-order valence-electron chi connectivity index (χ0n) is 33.3. The summed E-state index contributed by atoms with van der Waals surface area (Å²) in [5.74, 6) is 2.69. The summed E-state index contributed by atoms with van der Waals surface area (Å²) in [6.07, 6.45) is 10.1. The van der Waals surface area contributed by atoms with E-state index in [2.05, 4.69) is 61.6 Å². The molecule has 2 amide bonds. The number of rotatable bonds is 9. The van der Waals surface area contributed by atoms with Crippen molar-refractivity contribution in [2.75, 3.05) is 13.7 Å². The number of carbonyl (C=O) groups excluding carboxylic acids is 2. The predicted molar refractivity (Wildman–Crippen MR) is 222 cm³/mol. The Balaban J connectivity index is 0.931. The molecule has 5 aliphatic rings. The number of nitrogens with zero attached hydrogens (tertiary/aromatic N) is 4. The second-order valence-corrected chi connectivity index (χ2v) is 18.4. The van der Waals surface area contributed by atoms with Crippen molar-refractivity contribution in [3.63, 3.8) is 0 Å². The van der Waals surface area contributed by atoms with Gasteiger partial charge in [0.2, 0.25) is 12.1 Å². The van der Waals surface area contributed by atoms with Crippen LogP contribution < -0.4 is 15.4 Å². The first-order chi connectivity index (χ1) is 28.7. The summed E-state index contributed by atoms with van der Waals surface area (Å²) in [5, 5.41) is 7.44. The second kappa shape index (κ2) is 14.1. The second-order valence-electron chi connectivity index (χ2n) is 17.3. The molecule has 7 heterocycles. The lowest BCUT2D eigenvalue weighted by Gasteiger charge is -2.30. The Bertz CT molecular complexity index is 2610. The molecule has 3 aliphatic heterocycles. The van der Waals surface area contributed by atoms with Gasteiger partial charge >= 0.3 is 6.09 Å². The van der Waals surface area contributed by atoms with Gasteiger partial charge in [-0.3, -0.25) is 9.36 Å². The largest absolute Gasteiger partial charge is 0.464 e. The van der Waals surface area contributed by atoms with Crippen molar-refractivity contribution in [3.8, 4) is 39.5 Å². The Hall–Kier alpha value is -5.47. The molecule has 4 aromatic heterocycles. The zero-order chi connectivity index (χ0) is 40.1. The Morgan fingerprint density at radius 3 is 2.49 bits per heavy atom. The fourth-order valence-electron chi connectivity index (χ4n) is 9.77. The molecule has 0 radical (unpaired) electrons. The zero-order valence-corrected chi connectivity index (χ0v) is 34.1. The Labute approximate surface area is 344 Å². The molecule has 2 saturated carbocycles. The number of fused-ring (bicyclic) bond motifs is 6. The summed E-state index contributed by atoms with van der Waals surface area (Å²) in [4.78, 5) is 46.6. The van der Waals surface area contributed by atoms with Gasteiger partial charge in [-0.2, -0.15) is 0 Å². The van der Waals surface area contributed by atoms with Crippen LogP contribution in [0.15, 0.2) is 60.9 Å². The minimum atomic E-state index is -0.740. The molecule has 1 unspecified atom stereocenters. The van der Waals surface area contributed by atoms with Gasteiger partial charge in [0, 0.05) is 34.0 Å². The van der Waals surface area contributed by atoms with Crippen LogP contribution in [0.3, 0.4) is 0 Å². The average molecular weight is 815 g/mol. The van der Waals surface area contributed by atoms with Crippen molar-refractivity contribution in [1.82, 2.24) is 40.0 Å². The van der Waals surface area contributed by atoms with Crippen LogP contribution in [0.5, 0.6) is 5.75 Å². The van der Waals surface area contributed by atoms with Crippen LogP contribution in [0.25, 0.3) is 44.7 Å². The van der Waals surface area contributed by atoms with E-state index in [4.69, 9.17) is 19.4 Å². The van der Waals surface area contributed by atoms with Gasteiger partial charge in [0.25, 0.3) is 0 Å². The lowest BCUT2D eigenvalue weighted by molar-refractivity contribution is -0.135. The van der Waals surface area contributed by atoms with Crippen LogP contribution in [0.1, 0.15) is 104 Å². The summed E-state index contributed by atoms with van der Waals surface area (Å²) in [5.41, 5.74) is 5.35. The molecule has 6 atom stereocenters. The highest BCUT2D eigenvalue weighted by Crippen LogP contribution is 2.50. The van der Waals surface area contributed by atoms with Crippen molar-refractivity contribution in [1.29, 1.82) is 0 Å². The molecular weight excluding hydrogens is 768 g/mol. The molecule has 14 heteroatoms. The molecule has 59 heavy (non-hydrogen) atoms. The van der Waals surface area contributed by atoms with Gasteiger partial charge in [-0.1, -0.05) is 19.9 Å². The molecular formula is C45H47FN8O4S. The Morgan fingerprint density at radius 2 is 1.75 bits per heavy atom. The van der Waals surface area contributed by atoms with Crippen molar-refractivity contribution in [3.05, 3.63) is 88.1 Å². The van der Waals surface area contributed by atoms with E-state index in [1.165, 1.54) is 43.7 Å². The molecule has 11 rings (SSSR count). The van der Waals surface area contributed by atoms with Gasteiger partial charge in [-0.05, 0) is 105 Å². The van der Waals surface area contributed by atoms with Crippen LogP contribution in [-0.2, 0) is 9.53 Å². The third-order valence-electron chi connectivity index (χ3n) is 13.3. The summed E-state index contributed by atoms with van der Waals surface area (Å²) in [7, 11) is 1.28. The normalized spacial score (nSPS) is 23.7. The topological polar surface area (TPSA) is 142 Å². The number of aromatic nitrogens is 5. The van der Waals surface area contributed by atoms with Crippen molar-refractivity contribution < 1.29 is 23.5 Å². The highest BCUT2D eigenvalue weighted by molar-refractivity contribution is 7.12. The maximum Gasteiger partial charge on any atom is 0.407 e. The summed E-state index contributed by atoms with van der Waals surface area (Å²) >= 11 is 1.78. The monoisotopic (exact) mass is 814 g/mol. The number of methoxy groups -OCH3 is 1.